The van der Waals surface area contributed by atoms with E-state index in [1.807, 2.05) is 42.5 Å². The Labute approximate surface area is 466 Å². The van der Waals surface area contributed by atoms with Crippen LogP contribution in [0.1, 0.15) is 0 Å². The summed E-state index contributed by atoms with van der Waals surface area (Å²) in [4.78, 5) is 10.6. The summed E-state index contributed by atoms with van der Waals surface area (Å²) in [7, 11) is 0. The van der Waals surface area contributed by atoms with Gasteiger partial charge in [-0.2, -0.15) is 0 Å². The maximum absolute atomic E-state index is 6.87. The molecular formula is C72H41BrN4O4. The van der Waals surface area contributed by atoms with E-state index < -0.39 is 0 Å². The summed E-state index contributed by atoms with van der Waals surface area (Å²) in [6.45, 7) is 0. The Bertz CT molecular complexity index is 5890. The highest BCUT2D eigenvalue weighted by molar-refractivity contribution is 9.10. The highest BCUT2D eigenvalue weighted by Gasteiger charge is 2.22. The van der Waals surface area contributed by atoms with E-state index in [0.29, 0.717) is 0 Å². The maximum Gasteiger partial charge on any atom is 0.145 e. The molecule has 0 radical (unpaired) electrons. The molecule has 0 saturated heterocycles. The van der Waals surface area contributed by atoms with E-state index in [-0.39, 0.29) is 0 Å². The van der Waals surface area contributed by atoms with Gasteiger partial charge in [-0.05, 0) is 121 Å². The van der Waals surface area contributed by atoms with E-state index in [0.717, 1.165) is 158 Å². The number of nitrogens with one attached hydrogen (secondary N) is 3. The van der Waals surface area contributed by atoms with E-state index >= 15 is 0 Å². The molecule has 20 rings (SSSR count). The topological polar surface area (TPSA) is 105 Å². The van der Waals surface area contributed by atoms with Crippen LogP contribution in [0, 0.1) is 0 Å². The molecule has 0 aliphatic heterocycles. The van der Waals surface area contributed by atoms with Crippen LogP contribution >= 0.6 is 15.9 Å². The van der Waals surface area contributed by atoms with Gasteiger partial charge in [0.2, 0.25) is 0 Å². The number of hydrogen-bond acceptors (Lipinski definition) is 4. The lowest BCUT2D eigenvalue weighted by Gasteiger charge is -2.08. The van der Waals surface area contributed by atoms with Crippen LogP contribution < -0.4 is 0 Å². The van der Waals surface area contributed by atoms with Crippen molar-refractivity contribution in [2.75, 3.05) is 0 Å². The van der Waals surface area contributed by atoms with Crippen LogP contribution in [0.15, 0.2) is 253 Å². The Hall–Kier alpha value is -10.5. The van der Waals surface area contributed by atoms with Crippen LogP contribution in [0.4, 0.5) is 0 Å². The fourth-order valence-electron chi connectivity index (χ4n) is 13.1. The second-order valence-electron chi connectivity index (χ2n) is 21.0. The molecule has 3 N–H and O–H groups in total. The Morgan fingerprint density at radius 1 is 0.259 bits per heavy atom. The molecule has 0 amide bonds. The minimum Gasteiger partial charge on any atom is -0.456 e. The number of benzene rings is 12. The second-order valence-corrected chi connectivity index (χ2v) is 21.9. The molecule has 0 atom stereocenters. The van der Waals surface area contributed by atoms with Gasteiger partial charge in [-0.25, -0.2) is 0 Å². The molecule has 0 aliphatic carbocycles. The Morgan fingerprint density at radius 2 is 0.654 bits per heavy atom. The van der Waals surface area contributed by atoms with Crippen molar-refractivity contribution in [1.82, 2.24) is 19.5 Å². The van der Waals surface area contributed by atoms with Crippen LogP contribution in [0.2, 0.25) is 0 Å². The summed E-state index contributed by atoms with van der Waals surface area (Å²) in [6.07, 6.45) is 0. The van der Waals surface area contributed by atoms with Gasteiger partial charge in [0, 0.05) is 91.3 Å². The molecule has 0 saturated carbocycles. The lowest BCUT2D eigenvalue weighted by atomic mass is 10.1. The van der Waals surface area contributed by atoms with E-state index in [1.165, 1.54) is 26.9 Å². The molecule has 12 aromatic carbocycles. The maximum atomic E-state index is 6.87. The number of nitrogens with zero attached hydrogens (tertiary/aromatic N) is 1. The molecule has 81 heavy (non-hydrogen) atoms. The van der Waals surface area contributed by atoms with Crippen molar-refractivity contribution in [1.29, 1.82) is 0 Å². The quantitative estimate of drug-likeness (QED) is 0.152. The van der Waals surface area contributed by atoms with E-state index in [2.05, 4.69) is 224 Å². The number of fused-ring (bicyclic) bond motifs is 28. The van der Waals surface area contributed by atoms with Gasteiger partial charge >= 0.3 is 0 Å². The second kappa shape index (κ2) is 16.8. The number of halogens is 1. The van der Waals surface area contributed by atoms with Gasteiger partial charge < -0.3 is 37.2 Å². The summed E-state index contributed by atoms with van der Waals surface area (Å²) in [5.41, 5.74) is 17.5. The number of rotatable bonds is 1. The van der Waals surface area contributed by atoms with Crippen molar-refractivity contribution >= 4 is 191 Å². The first kappa shape index (κ1) is 44.5. The van der Waals surface area contributed by atoms with E-state index in [1.54, 1.807) is 0 Å². The monoisotopic (exact) mass is 1100 g/mol. The first-order valence-corrected chi connectivity index (χ1v) is 27.9. The predicted octanol–water partition coefficient (Wildman–Crippen LogP) is 21.4. The van der Waals surface area contributed by atoms with E-state index in [4.69, 9.17) is 17.7 Å². The number of para-hydroxylation sites is 6. The lowest BCUT2D eigenvalue weighted by molar-refractivity contribution is 0.668. The Morgan fingerprint density at radius 3 is 1.17 bits per heavy atom. The summed E-state index contributed by atoms with van der Waals surface area (Å²) in [5.74, 6) is 0. The average Bonchev–Trinajstić information content (AvgIpc) is 4.23. The molecule has 8 aromatic heterocycles. The first-order chi connectivity index (χ1) is 40.1. The number of aromatic amines is 3. The highest BCUT2D eigenvalue weighted by Crippen LogP contribution is 2.45. The van der Waals surface area contributed by atoms with Gasteiger partial charge in [-0.1, -0.05) is 125 Å². The van der Waals surface area contributed by atoms with Crippen LogP contribution in [0.5, 0.6) is 0 Å². The van der Waals surface area contributed by atoms with Gasteiger partial charge in [0.15, 0.2) is 0 Å². The molecule has 0 unspecified atom stereocenters. The molecule has 380 valence electrons. The molecule has 20 aromatic rings. The number of H-pyrrole nitrogens is 3. The van der Waals surface area contributed by atoms with Gasteiger partial charge in [0.1, 0.15) is 44.7 Å². The smallest absolute Gasteiger partial charge is 0.145 e. The molecular weight excluding hydrogens is 1060 g/mol. The zero-order chi connectivity index (χ0) is 53.0. The molecule has 8 heterocycles. The zero-order valence-corrected chi connectivity index (χ0v) is 44.5. The summed E-state index contributed by atoms with van der Waals surface area (Å²) in [6, 6.07) is 80.2. The SMILES string of the molecule is Brc1ccc2oc3ccccc3c2c1.c1ccc2c(c1)[nH]c1ccc3c4ccc5[nH]c6ccccc6c5c4oc3c12.c1ccc2c(c1)[nH]c1ccc3c4ccc5c(c6ccccc6n5-c5ccc6oc7ccccc7c6c5)c4oc3c12. The van der Waals surface area contributed by atoms with Gasteiger partial charge in [0.25, 0.3) is 0 Å². The van der Waals surface area contributed by atoms with Crippen LogP contribution in [0.25, 0.3) is 181 Å². The standard InChI is InChI=1S/C36H20N2O2.C24H14N2O.C12H7BrO/c1-4-10-27-24(8-1)33-28(37-27)16-14-22-23-15-17-30-34(36(23)40-35(22)33)25-9-2-5-11-29(25)38(30)20-13-18-32-26(19-20)21-7-3-6-12-31(21)39-32;1-3-7-17-15(5-1)21-19(25-17)11-9-13-14-10-12-20-22(24(14)27-23(13)21)16-6-2-4-8-18(16)26-20;13-8-5-6-12-10(7-8)9-3-1-2-4-11(9)14-12/h1-19,37H;1-12,25-26H;1-7H. The molecule has 8 nitrogen and oxygen atoms in total. The molecule has 0 bridgehead atoms. The zero-order valence-electron chi connectivity index (χ0n) is 42.9. The van der Waals surface area contributed by atoms with Crippen molar-refractivity contribution in [3.8, 4) is 5.69 Å². The number of furan rings is 4. The normalized spacial score (nSPS) is 12.3. The summed E-state index contributed by atoms with van der Waals surface area (Å²) >= 11 is 3.46. The minimum absolute atomic E-state index is 0.896. The molecule has 0 fully saturated rings. The van der Waals surface area contributed by atoms with Crippen LogP contribution in [0.3, 0.4) is 0 Å². The summed E-state index contributed by atoms with van der Waals surface area (Å²) in [5, 5.41) is 18.5. The average molecular weight is 1110 g/mol. The highest BCUT2D eigenvalue weighted by atomic mass is 79.9. The predicted molar refractivity (Wildman–Crippen MR) is 339 cm³/mol. The Kier molecular flexibility index (Phi) is 9.21. The fraction of sp³-hybridized carbons (Fsp3) is 0. The molecule has 0 aliphatic rings. The lowest BCUT2D eigenvalue weighted by Crippen LogP contribution is -1.93. The van der Waals surface area contributed by atoms with Crippen molar-refractivity contribution in [3.63, 3.8) is 0 Å². The third-order valence-corrected chi connectivity index (χ3v) is 17.1. The van der Waals surface area contributed by atoms with Crippen molar-refractivity contribution < 1.29 is 17.7 Å². The van der Waals surface area contributed by atoms with Gasteiger partial charge in [-0.3, -0.25) is 0 Å². The third kappa shape index (κ3) is 6.46. The summed E-state index contributed by atoms with van der Waals surface area (Å²) < 4.78 is 28.7. The number of aromatic nitrogens is 4. The molecule has 0 spiro atoms. The molecule has 9 heteroatoms. The third-order valence-electron chi connectivity index (χ3n) is 16.6. The van der Waals surface area contributed by atoms with Crippen molar-refractivity contribution in [2.24, 2.45) is 0 Å². The van der Waals surface area contributed by atoms with Gasteiger partial charge in [-0.15, -0.1) is 0 Å². The first-order valence-electron chi connectivity index (χ1n) is 27.1. The van der Waals surface area contributed by atoms with E-state index in [9.17, 15) is 0 Å². The Balaban J connectivity index is 0.000000105. The largest absolute Gasteiger partial charge is 0.456 e. The van der Waals surface area contributed by atoms with Crippen LogP contribution in [-0.4, -0.2) is 19.5 Å². The number of hydrogen-bond donors (Lipinski definition) is 3. The van der Waals surface area contributed by atoms with Crippen molar-refractivity contribution in [3.05, 3.63) is 235 Å². The minimum atomic E-state index is 0.896. The van der Waals surface area contributed by atoms with Gasteiger partial charge in [0.05, 0.1) is 49.1 Å². The fourth-order valence-corrected chi connectivity index (χ4v) is 13.4. The van der Waals surface area contributed by atoms with Crippen LogP contribution in [-0.2, 0) is 0 Å². The van der Waals surface area contributed by atoms with Crippen molar-refractivity contribution in [2.45, 2.75) is 0 Å².